The van der Waals surface area contributed by atoms with Gasteiger partial charge in [-0.25, -0.2) is 0 Å². The lowest BCUT2D eigenvalue weighted by molar-refractivity contribution is -0.117. The first-order valence-electron chi connectivity index (χ1n) is 8.47. The standard InChI is InChI=1S/C20H26N2O3/c1-14(20(2,3)4)12-18(23)22-17-10-6-5-9-16(17)19(24)21-13-15-8-7-11-25-15/h5-11,14H,12-13H2,1-4H3,(H,21,24)(H,22,23). The lowest BCUT2D eigenvalue weighted by Crippen LogP contribution is -2.26. The van der Waals surface area contributed by atoms with Gasteiger partial charge in [-0.1, -0.05) is 39.8 Å². The largest absolute Gasteiger partial charge is 0.467 e. The average molecular weight is 342 g/mol. The molecule has 0 saturated carbocycles. The van der Waals surface area contributed by atoms with Crippen LogP contribution in [0.5, 0.6) is 0 Å². The Hall–Kier alpha value is -2.56. The van der Waals surface area contributed by atoms with Gasteiger partial charge in [-0.2, -0.15) is 0 Å². The van der Waals surface area contributed by atoms with Crippen LogP contribution in [0.3, 0.4) is 0 Å². The van der Waals surface area contributed by atoms with Crippen molar-refractivity contribution in [3.05, 3.63) is 54.0 Å². The van der Waals surface area contributed by atoms with E-state index in [0.717, 1.165) is 0 Å². The minimum Gasteiger partial charge on any atom is -0.467 e. The van der Waals surface area contributed by atoms with Gasteiger partial charge in [0.1, 0.15) is 5.76 Å². The zero-order chi connectivity index (χ0) is 18.4. The van der Waals surface area contributed by atoms with Crippen molar-refractivity contribution in [3.63, 3.8) is 0 Å². The van der Waals surface area contributed by atoms with Crippen LogP contribution in [0.15, 0.2) is 47.1 Å². The summed E-state index contributed by atoms with van der Waals surface area (Å²) >= 11 is 0. The first-order valence-corrected chi connectivity index (χ1v) is 8.47. The number of nitrogens with one attached hydrogen (secondary N) is 2. The third kappa shape index (κ3) is 5.48. The summed E-state index contributed by atoms with van der Waals surface area (Å²) in [6, 6.07) is 10.6. The topological polar surface area (TPSA) is 71.3 Å². The number of hydrogen-bond donors (Lipinski definition) is 2. The molecule has 0 fully saturated rings. The lowest BCUT2D eigenvalue weighted by atomic mass is 9.80. The molecule has 1 aromatic heterocycles. The van der Waals surface area contributed by atoms with Crippen molar-refractivity contribution in [2.45, 2.75) is 40.7 Å². The first-order chi connectivity index (χ1) is 11.8. The third-order valence-corrected chi connectivity index (χ3v) is 4.42. The number of para-hydroxylation sites is 1. The second kappa shape index (κ2) is 8.01. The van der Waals surface area contributed by atoms with Gasteiger partial charge in [-0.15, -0.1) is 0 Å². The maximum atomic E-state index is 12.4. The van der Waals surface area contributed by atoms with E-state index in [1.54, 1.807) is 42.7 Å². The summed E-state index contributed by atoms with van der Waals surface area (Å²) in [4.78, 5) is 24.8. The minimum absolute atomic E-state index is 0.0529. The highest BCUT2D eigenvalue weighted by Gasteiger charge is 2.23. The molecule has 1 unspecified atom stereocenters. The molecule has 0 bridgehead atoms. The van der Waals surface area contributed by atoms with Gasteiger partial charge >= 0.3 is 0 Å². The molecule has 0 radical (unpaired) electrons. The van der Waals surface area contributed by atoms with Crippen molar-refractivity contribution in [2.75, 3.05) is 5.32 Å². The molecule has 25 heavy (non-hydrogen) atoms. The molecule has 0 spiro atoms. The van der Waals surface area contributed by atoms with E-state index in [4.69, 9.17) is 4.42 Å². The Kier molecular flexibility index (Phi) is 6.02. The zero-order valence-electron chi connectivity index (χ0n) is 15.3. The second-order valence-electron chi connectivity index (χ2n) is 7.33. The van der Waals surface area contributed by atoms with Crippen molar-refractivity contribution in [2.24, 2.45) is 11.3 Å². The fraction of sp³-hybridized carbons (Fsp3) is 0.400. The molecule has 2 rings (SSSR count). The second-order valence-corrected chi connectivity index (χ2v) is 7.33. The van der Waals surface area contributed by atoms with Crippen LogP contribution in [0.2, 0.25) is 0 Å². The van der Waals surface area contributed by atoms with E-state index in [9.17, 15) is 9.59 Å². The Balaban J connectivity index is 2.02. The molecular formula is C20H26N2O3. The van der Waals surface area contributed by atoms with Crippen LogP contribution in [0, 0.1) is 11.3 Å². The monoisotopic (exact) mass is 342 g/mol. The Morgan fingerprint density at radius 2 is 1.84 bits per heavy atom. The van der Waals surface area contributed by atoms with E-state index < -0.39 is 0 Å². The summed E-state index contributed by atoms with van der Waals surface area (Å²) in [5.74, 6) is 0.561. The average Bonchev–Trinajstić information content (AvgIpc) is 3.05. The van der Waals surface area contributed by atoms with Gasteiger partial charge in [-0.05, 0) is 35.6 Å². The Morgan fingerprint density at radius 3 is 2.48 bits per heavy atom. The molecule has 134 valence electrons. The number of benzene rings is 1. The number of carbonyl (C=O) groups excluding carboxylic acids is 2. The minimum atomic E-state index is -0.254. The molecule has 2 N–H and O–H groups in total. The lowest BCUT2D eigenvalue weighted by Gasteiger charge is -2.26. The van der Waals surface area contributed by atoms with Crippen LogP contribution in [-0.2, 0) is 11.3 Å². The van der Waals surface area contributed by atoms with Gasteiger partial charge in [0, 0.05) is 6.42 Å². The van der Waals surface area contributed by atoms with Crippen molar-refractivity contribution < 1.29 is 14.0 Å². The number of anilines is 1. The van der Waals surface area contributed by atoms with E-state index in [2.05, 4.69) is 38.3 Å². The van der Waals surface area contributed by atoms with E-state index >= 15 is 0 Å². The summed E-state index contributed by atoms with van der Waals surface area (Å²) in [6.07, 6.45) is 1.97. The van der Waals surface area contributed by atoms with Gasteiger partial charge in [0.25, 0.3) is 5.91 Å². The number of amides is 2. The molecule has 0 saturated heterocycles. The van der Waals surface area contributed by atoms with Crippen LogP contribution >= 0.6 is 0 Å². The molecule has 0 aliphatic heterocycles. The summed E-state index contributed by atoms with van der Waals surface area (Å²) in [7, 11) is 0. The molecule has 0 aliphatic carbocycles. The Labute approximate surface area is 148 Å². The van der Waals surface area contributed by atoms with Gasteiger partial charge in [0.15, 0.2) is 0 Å². The molecule has 5 nitrogen and oxygen atoms in total. The van der Waals surface area contributed by atoms with Crippen LogP contribution in [0.1, 0.15) is 50.2 Å². The van der Waals surface area contributed by atoms with Gasteiger partial charge in [0.05, 0.1) is 24.1 Å². The first kappa shape index (κ1) is 18.8. The van der Waals surface area contributed by atoms with Crippen LogP contribution in [-0.4, -0.2) is 11.8 Å². The summed E-state index contributed by atoms with van der Waals surface area (Å²) in [5, 5.41) is 5.66. The van der Waals surface area contributed by atoms with Crippen molar-refractivity contribution in [1.82, 2.24) is 5.32 Å². The van der Waals surface area contributed by atoms with Crippen LogP contribution in [0.4, 0.5) is 5.69 Å². The molecule has 1 heterocycles. The smallest absolute Gasteiger partial charge is 0.253 e. The van der Waals surface area contributed by atoms with Crippen molar-refractivity contribution >= 4 is 17.5 Å². The molecule has 5 heteroatoms. The van der Waals surface area contributed by atoms with Gasteiger partial charge in [0.2, 0.25) is 5.91 Å². The van der Waals surface area contributed by atoms with Crippen molar-refractivity contribution in [3.8, 4) is 0 Å². The third-order valence-electron chi connectivity index (χ3n) is 4.42. The predicted molar refractivity (Wildman–Crippen MR) is 98.2 cm³/mol. The maximum Gasteiger partial charge on any atom is 0.253 e. The fourth-order valence-electron chi connectivity index (χ4n) is 2.25. The Morgan fingerprint density at radius 1 is 1.12 bits per heavy atom. The SMILES string of the molecule is CC(CC(=O)Nc1ccccc1C(=O)NCc1ccco1)C(C)(C)C. The molecule has 1 aromatic carbocycles. The van der Waals surface area contributed by atoms with Crippen LogP contribution in [0.25, 0.3) is 0 Å². The fourth-order valence-corrected chi connectivity index (χ4v) is 2.25. The number of hydrogen-bond acceptors (Lipinski definition) is 3. The highest BCUT2D eigenvalue weighted by Crippen LogP contribution is 2.28. The number of carbonyl (C=O) groups is 2. The number of furan rings is 1. The highest BCUT2D eigenvalue weighted by molar-refractivity contribution is 6.03. The van der Waals surface area contributed by atoms with Crippen molar-refractivity contribution in [1.29, 1.82) is 0 Å². The van der Waals surface area contributed by atoms with Gasteiger partial charge < -0.3 is 15.1 Å². The predicted octanol–water partition coefficient (Wildman–Crippen LogP) is 4.22. The molecule has 1 atom stereocenters. The van der Waals surface area contributed by atoms with E-state index in [0.29, 0.717) is 30.0 Å². The molecule has 0 aliphatic rings. The Bertz CT molecular complexity index is 715. The van der Waals surface area contributed by atoms with Crippen LogP contribution < -0.4 is 10.6 Å². The molecular weight excluding hydrogens is 316 g/mol. The van der Waals surface area contributed by atoms with Gasteiger partial charge in [-0.3, -0.25) is 9.59 Å². The number of rotatable bonds is 6. The molecule has 2 aromatic rings. The summed E-state index contributed by atoms with van der Waals surface area (Å²) < 4.78 is 5.21. The normalized spacial score (nSPS) is 12.5. The summed E-state index contributed by atoms with van der Waals surface area (Å²) in [6.45, 7) is 8.69. The molecule has 2 amide bonds. The zero-order valence-corrected chi connectivity index (χ0v) is 15.3. The summed E-state index contributed by atoms with van der Waals surface area (Å²) in [5.41, 5.74) is 1.01. The highest BCUT2D eigenvalue weighted by atomic mass is 16.3. The quantitative estimate of drug-likeness (QED) is 0.825. The van der Waals surface area contributed by atoms with E-state index in [1.165, 1.54) is 0 Å². The maximum absolute atomic E-state index is 12.4. The van der Waals surface area contributed by atoms with E-state index in [1.807, 2.05) is 0 Å². The van der Waals surface area contributed by atoms with E-state index in [-0.39, 0.29) is 23.1 Å².